The lowest BCUT2D eigenvalue weighted by Gasteiger charge is -2.33. The van der Waals surface area contributed by atoms with Gasteiger partial charge in [-0.25, -0.2) is 0 Å². The van der Waals surface area contributed by atoms with Gasteiger partial charge in [0.15, 0.2) is 0 Å². The van der Waals surface area contributed by atoms with E-state index in [2.05, 4.69) is 13.8 Å². The molecule has 92 valence electrons. The van der Waals surface area contributed by atoms with Crippen molar-refractivity contribution >= 4 is 17.7 Å². The Morgan fingerprint density at radius 1 is 1.41 bits per heavy atom. The molecule has 1 unspecified atom stereocenters. The zero-order chi connectivity index (χ0) is 12.5. The van der Waals surface area contributed by atoms with Gasteiger partial charge in [0.1, 0.15) is 6.23 Å². The average Bonchev–Trinajstić information content (AvgIpc) is 2.64. The van der Waals surface area contributed by atoms with Gasteiger partial charge in [0.05, 0.1) is 4.87 Å². The molecule has 0 aromatic heterocycles. The zero-order valence-corrected chi connectivity index (χ0v) is 11.2. The number of carbonyl (C=O) groups excluding carboxylic acids is 1. The number of rotatable bonds is 2. The van der Waals surface area contributed by atoms with Gasteiger partial charge in [-0.3, -0.25) is 9.69 Å². The van der Waals surface area contributed by atoms with Gasteiger partial charge in [-0.15, -0.1) is 11.8 Å². The molecule has 1 saturated heterocycles. The van der Waals surface area contributed by atoms with E-state index in [9.17, 15) is 4.79 Å². The first-order chi connectivity index (χ1) is 8.06. The normalized spacial score (nSPS) is 22.8. The van der Waals surface area contributed by atoms with Gasteiger partial charge < -0.3 is 4.74 Å². The monoisotopic (exact) mass is 251 g/mol. The molecule has 1 aliphatic heterocycles. The Bertz CT molecular complexity index is 405. The van der Waals surface area contributed by atoms with E-state index in [1.54, 1.807) is 18.9 Å². The highest BCUT2D eigenvalue weighted by Gasteiger charge is 2.43. The highest BCUT2D eigenvalue weighted by molar-refractivity contribution is 8.00. The summed E-state index contributed by atoms with van der Waals surface area (Å²) in [5, 5.41) is 0. The van der Waals surface area contributed by atoms with Crippen LogP contribution in [-0.2, 0) is 4.74 Å². The Morgan fingerprint density at radius 3 is 2.65 bits per heavy atom. The molecule has 0 saturated carbocycles. The summed E-state index contributed by atoms with van der Waals surface area (Å²) < 4.78 is 5.39. The number of amides is 1. The van der Waals surface area contributed by atoms with E-state index in [1.807, 2.05) is 35.2 Å². The second-order valence-electron chi connectivity index (χ2n) is 4.49. The van der Waals surface area contributed by atoms with Gasteiger partial charge in [0.25, 0.3) is 5.91 Å². The van der Waals surface area contributed by atoms with Gasteiger partial charge in [-0.1, -0.05) is 18.2 Å². The number of thioether (sulfide) groups is 1. The summed E-state index contributed by atoms with van der Waals surface area (Å²) in [6.45, 7) is 4.11. The third kappa shape index (κ3) is 2.33. The standard InChI is InChI=1S/C13H17NO2S/c1-13(2)14(11(16-3)9-17-13)12(15)10-7-5-4-6-8-10/h4-8,11H,9H2,1-3H3. The van der Waals surface area contributed by atoms with E-state index in [-0.39, 0.29) is 17.0 Å². The molecule has 2 rings (SSSR count). The average molecular weight is 251 g/mol. The summed E-state index contributed by atoms with van der Waals surface area (Å²) in [5.41, 5.74) is 0.713. The van der Waals surface area contributed by atoms with Crippen molar-refractivity contribution in [3.05, 3.63) is 35.9 Å². The van der Waals surface area contributed by atoms with Gasteiger partial charge in [-0.05, 0) is 26.0 Å². The summed E-state index contributed by atoms with van der Waals surface area (Å²) in [5.74, 6) is 0.856. The molecule has 1 aliphatic rings. The number of ether oxygens (including phenoxy) is 1. The fourth-order valence-corrected chi connectivity index (χ4v) is 3.21. The molecule has 1 atom stereocenters. The maximum Gasteiger partial charge on any atom is 0.257 e. The molecule has 1 heterocycles. The number of benzene rings is 1. The van der Waals surface area contributed by atoms with Crippen molar-refractivity contribution in [2.45, 2.75) is 24.9 Å². The Balaban J connectivity index is 2.29. The number of methoxy groups -OCH3 is 1. The lowest BCUT2D eigenvalue weighted by Crippen LogP contribution is -2.47. The van der Waals surface area contributed by atoms with E-state index in [1.165, 1.54) is 0 Å². The molecule has 0 aliphatic carbocycles. The van der Waals surface area contributed by atoms with Crippen molar-refractivity contribution in [3.8, 4) is 0 Å². The minimum atomic E-state index is -0.215. The second-order valence-corrected chi connectivity index (χ2v) is 6.11. The summed E-state index contributed by atoms with van der Waals surface area (Å²) in [4.78, 5) is 14.1. The molecule has 1 aromatic carbocycles. The SMILES string of the molecule is COC1CSC(C)(C)N1C(=O)c1ccccc1. The molecule has 1 aromatic rings. The quantitative estimate of drug-likeness (QED) is 0.809. The molecule has 0 radical (unpaired) electrons. The maximum atomic E-state index is 12.5. The largest absolute Gasteiger partial charge is 0.361 e. The lowest BCUT2D eigenvalue weighted by molar-refractivity contribution is -0.0170. The molecule has 1 amide bonds. The third-order valence-electron chi connectivity index (χ3n) is 2.96. The van der Waals surface area contributed by atoms with E-state index < -0.39 is 0 Å². The van der Waals surface area contributed by atoms with Crippen LogP contribution < -0.4 is 0 Å². The van der Waals surface area contributed by atoms with Gasteiger partial charge in [-0.2, -0.15) is 0 Å². The topological polar surface area (TPSA) is 29.5 Å². The van der Waals surface area contributed by atoms with Crippen LogP contribution in [0.1, 0.15) is 24.2 Å². The first kappa shape index (κ1) is 12.5. The molecule has 3 nitrogen and oxygen atoms in total. The van der Waals surface area contributed by atoms with E-state index in [0.29, 0.717) is 5.56 Å². The van der Waals surface area contributed by atoms with Gasteiger partial charge in [0, 0.05) is 18.4 Å². The van der Waals surface area contributed by atoms with Crippen LogP contribution in [-0.4, -0.2) is 34.8 Å². The molecular formula is C13H17NO2S. The van der Waals surface area contributed by atoms with Crippen molar-refractivity contribution in [1.82, 2.24) is 4.90 Å². The second kappa shape index (κ2) is 4.70. The highest BCUT2D eigenvalue weighted by Crippen LogP contribution is 2.39. The van der Waals surface area contributed by atoms with Gasteiger partial charge in [0.2, 0.25) is 0 Å². The molecule has 17 heavy (non-hydrogen) atoms. The molecule has 1 fully saturated rings. The predicted octanol–water partition coefficient (Wildman–Crippen LogP) is 2.58. The Labute approximate surface area is 106 Å². The van der Waals surface area contributed by atoms with Crippen molar-refractivity contribution in [1.29, 1.82) is 0 Å². The van der Waals surface area contributed by atoms with Crippen LogP contribution in [0.2, 0.25) is 0 Å². The molecule has 0 N–H and O–H groups in total. The van der Waals surface area contributed by atoms with Crippen molar-refractivity contribution in [2.75, 3.05) is 12.9 Å². The van der Waals surface area contributed by atoms with E-state index in [0.717, 1.165) is 5.75 Å². The lowest BCUT2D eigenvalue weighted by atomic mass is 10.1. The number of nitrogens with zero attached hydrogens (tertiary/aromatic N) is 1. The smallest absolute Gasteiger partial charge is 0.257 e. The van der Waals surface area contributed by atoms with Crippen LogP contribution in [0.25, 0.3) is 0 Å². The third-order valence-corrected chi connectivity index (χ3v) is 4.31. The van der Waals surface area contributed by atoms with Crippen molar-refractivity contribution in [3.63, 3.8) is 0 Å². The van der Waals surface area contributed by atoms with Crippen molar-refractivity contribution in [2.24, 2.45) is 0 Å². The van der Waals surface area contributed by atoms with Gasteiger partial charge >= 0.3 is 0 Å². The minimum absolute atomic E-state index is 0.0347. The first-order valence-electron chi connectivity index (χ1n) is 5.62. The fraction of sp³-hybridized carbons (Fsp3) is 0.462. The highest BCUT2D eigenvalue weighted by atomic mass is 32.2. The summed E-state index contributed by atoms with van der Waals surface area (Å²) in [6, 6.07) is 9.35. The Morgan fingerprint density at radius 2 is 2.06 bits per heavy atom. The molecule has 0 bridgehead atoms. The molecule has 0 spiro atoms. The summed E-state index contributed by atoms with van der Waals surface area (Å²) >= 11 is 1.74. The maximum absolute atomic E-state index is 12.5. The minimum Gasteiger partial charge on any atom is -0.361 e. The Hall–Kier alpha value is -1.00. The van der Waals surface area contributed by atoms with Crippen LogP contribution in [0.3, 0.4) is 0 Å². The zero-order valence-electron chi connectivity index (χ0n) is 10.3. The van der Waals surface area contributed by atoms with Crippen molar-refractivity contribution < 1.29 is 9.53 Å². The molecular weight excluding hydrogens is 234 g/mol. The summed E-state index contributed by atoms with van der Waals surface area (Å²) in [6.07, 6.45) is -0.136. The molecule has 4 heteroatoms. The number of carbonyl (C=O) groups is 1. The van der Waals surface area contributed by atoms with Crippen LogP contribution in [0, 0.1) is 0 Å². The van der Waals surface area contributed by atoms with Crippen LogP contribution in [0.15, 0.2) is 30.3 Å². The van der Waals surface area contributed by atoms with Crippen LogP contribution >= 0.6 is 11.8 Å². The van der Waals surface area contributed by atoms with E-state index >= 15 is 0 Å². The van der Waals surface area contributed by atoms with Crippen LogP contribution in [0.4, 0.5) is 0 Å². The summed E-state index contributed by atoms with van der Waals surface area (Å²) in [7, 11) is 1.65. The van der Waals surface area contributed by atoms with E-state index in [4.69, 9.17) is 4.74 Å². The Kier molecular flexibility index (Phi) is 3.45. The predicted molar refractivity (Wildman–Crippen MR) is 69.9 cm³/mol. The van der Waals surface area contributed by atoms with Crippen LogP contribution in [0.5, 0.6) is 0 Å². The number of hydrogen-bond donors (Lipinski definition) is 0. The number of hydrogen-bond acceptors (Lipinski definition) is 3. The first-order valence-corrected chi connectivity index (χ1v) is 6.60. The fourth-order valence-electron chi connectivity index (χ4n) is 2.03.